The average molecular weight is 359 g/mol. The maximum Gasteiger partial charge on any atom is 0.235 e. The fraction of sp³-hybridized carbons (Fsp3) is 0.208. The summed E-state index contributed by atoms with van der Waals surface area (Å²) in [6.07, 6.45) is 2.06. The lowest BCUT2D eigenvalue weighted by Crippen LogP contribution is -2.37. The van der Waals surface area contributed by atoms with Crippen molar-refractivity contribution in [1.29, 1.82) is 0 Å². The van der Waals surface area contributed by atoms with Crippen molar-refractivity contribution in [2.75, 3.05) is 0 Å². The van der Waals surface area contributed by atoms with Crippen LogP contribution in [-0.4, -0.2) is 16.8 Å². The van der Waals surface area contributed by atoms with Crippen molar-refractivity contribution in [3.8, 4) is 0 Å². The molecule has 3 aromatic carbocycles. The van der Waals surface area contributed by atoms with Gasteiger partial charge in [-0.25, -0.2) is 4.39 Å². The van der Waals surface area contributed by atoms with E-state index in [1.165, 1.54) is 12.1 Å². The summed E-state index contributed by atoms with van der Waals surface area (Å²) in [7, 11) is 0. The SMILES string of the molecule is O=C(C(c1ccccc1)c1ccccc1)N(Cc1ccc(F)cc1)C1CC1. The quantitative estimate of drug-likeness (QED) is 0.596. The summed E-state index contributed by atoms with van der Waals surface area (Å²) in [4.78, 5) is 15.6. The van der Waals surface area contributed by atoms with Crippen molar-refractivity contribution in [1.82, 2.24) is 4.90 Å². The lowest BCUT2D eigenvalue weighted by atomic mass is 9.89. The predicted molar refractivity (Wildman–Crippen MR) is 105 cm³/mol. The minimum atomic E-state index is -0.326. The number of rotatable bonds is 6. The Hall–Kier alpha value is -2.94. The van der Waals surface area contributed by atoms with Crippen molar-refractivity contribution in [2.45, 2.75) is 31.3 Å². The molecule has 1 amide bonds. The Morgan fingerprint density at radius 1 is 0.852 bits per heavy atom. The van der Waals surface area contributed by atoms with Gasteiger partial charge in [0.15, 0.2) is 0 Å². The Labute approximate surface area is 159 Å². The molecule has 0 atom stereocenters. The first kappa shape index (κ1) is 17.5. The van der Waals surface area contributed by atoms with E-state index < -0.39 is 0 Å². The number of hydrogen-bond acceptors (Lipinski definition) is 1. The smallest absolute Gasteiger partial charge is 0.235 e. The largest absolute Gasteiger partial charge is 0.335 e. The molecule has 0 bridgehead atoms. The van der Waals surface area contributed by atoms with Crippen molar-refractivity contribution in [3.05, 3.63) is 107 Å². The summed E-state index contributed by atoms with van der Waals surface area (Å²) in [6, 6.07) is 26.6. The standard InChI is InChI=1S/C24H22FNO/c25-21-13-11-18(12-14-21)17-26(22-15-16-22)24(27)23(19-7-3-1-4-8-19)20-9-5-2-6-10-20/h1-14,22-23H,15-17H2. The van der Waals surface area contributed by atoms with Crippen LogP contribution in [0.25, 0.3) is 0 Å². The Balaban J connectivity index is 1.67. The van der Waals surface area contributed by atoms with Crippen LogP contribution in [0.15, 0.2) is 84.9 Å². The van der Waals surface area contributed by atoms with Gasteiger partial charge in [-0.15, -0.1) is 0 Å². The minimum Gasteiger partial charge on any atom is -0.335 e. The fourth-order valence-electron chi connectivity index (χ4n) is 3.49. The van der Waals surface area contributed by atoms with Gasteiger partial charge in [0.05, 0.1) is 5.92 Å². The molecule has 1 aliphatic carbocycles. The van der Waals surface area contributed by atoms with E-state index in [1.807, 2.05) is 65.6 Å². The summed E-state index contributed by atoms with van der Waals surface area (Å²) in [6.45, 7) is 0.514. The maximum absolute atomic E-state index is 13.6. The highest BCUT2D eigenvalue weighted by atomic mass is 19.1. The lowest BCUT2D eigenvalue weighted by Gasteiger charge is -2.28. The molecule has 0 aromatic heterocycles. The van der Waals surface area contributed by atoms with Crippen molar-refractivity contribution in [2.24, 2.45) is 0 Å². The fourth-order valence-corrected chi connectivity index (χ4v) is 3.49. The Kier molecular flexibility index (Phi) is 5.01. The third-order valence-corrected chi connectivity index (χ3v) is 5.05. The first-order valence-electron chi connectivity index (χ1n) is 9.37. The third kappa shape index (κ3) is 4.08. The highest BCUT2D eigenvalue weighted by Crippen LogP contribution is 2.34. The molecule has 0 N–H and O–H groups in total. The third-order valence-electron chi connectivity index (χ3n) is 5.05. The molecule has 1 aliphatic rings. The van der Waals surface area contributed by atoms with E-state index in [0.717, 1.165) is 29.5 Å². The monoisotopic (exact) mass is 359 g/mol. The van der Waals surface area contributed by atoms with Gasteiger partial charge in [-0.2, -0.15) is 0 Å². The van der Waals surface area contributed by atoms with Gasteiger partial charge in [0.1, 0.15) is 5.82 Å². The first-order valence-corrected chi connectivity index (χ1v) is 9.37. The molecular formula is C24H22FNO. The number of carbonyl (C=O) groups excluding carboxylic acids is 1. The topological polar surface area (TPSA) is 20.3 Å². The van der Waals surface area contributed by atoms with Gasteiger partial charge in [0.2, 0.25) is 5.91 Å². The molecule has 1 saturated carbocycles. The average Bonchev–Trinajstić information content (AvgIpc) is 3.54. The van der Waals surface area contributed by atoms with Crippen molar-refractivity contribution < 1.29 is 9.18 Å². The summed E-state index contributed by atoms with van der Waals surface area (Å²) >= 11 is 0. The van der Waals surface area contributed by atoms with E-state index in [0.29, 0.717) is 6.54 Å². The molecule has 0 unspecified atom stereocenters. The molecule has 0 radical (unpaired) electrons. The molecule has 3 heteroatoms. The summed E-state index contributed by atoms with van der Waals surface area (Å²) in [5.74, 6) is -0.470. The molecule has 0 heterocycles. The molecule has 0 saturated heterocycles. The number of halogens is 1. The second kappa shape index (κ2) is 7.75. The molecule has 3 aromatic rings. The van der Waals surface area contributed by atoms with E-state index in [9.17, 15) is 9.18 Å². The van der Waals surface area contributed by atoms with Crippen LogP contribution in [-0.2, 0) is 11.3 Å². The molecule has 2 nitrogen and oxygen atoms in total. The van der Waals surface area contributed by atoms with E-state index in [-0.39, 0.29) is 23.7 Å². The molecule has 27 heavy (non-hydrogen) atoms. The first-order chi connectivity index (χ1) is 13.2. The van der Waals surface area contributed by atoms with Gasteiger partial charge in [0.25, 0.3) is 0 Å². The maximum atomic E-state index is 13.6. The Morgan fingerprint density at radius 3 is 1.85 bits per heavy atom. The van der Waals surface area contributed by atoms with Gasteiger partial charge >= 0.3 is 0 Å². The van der Waals surface area contributed by atoms with Gasteiger partial charge in [0, 0.05) is 12.6 Å². The van der Waals surface area contributed by atoms with E-state index in [2.05, 4.69) is 0 Å². The van der Waals surface area contributed by atoms with Crippen molar-refractivity contribution >= 4 is 5.91 Å². The zero-order chi connectivity index (χ0) is 18.6. The summed E-state index contributed by atoms with van der Waals surface area (Å²) < 4.78 is 13.2. The van der Waals surface area contributed by atoms with Gasteiger partial charge in [-0.1, -0.05) is 72.8 Å². The molecular weight excluding hydrogens is 337 g/mol. The predicted octanol–water partition coefficient (Wildman–Crippen LogP) is 5.15. The molecule has 136 valence electrons. The van der Waals surface area contributed by atoms with Crippen LogP contribution in [0, 0.1) is 5.82 Å². The lowest BCUT2D eigenvalue weighted by molar-refractivity contribution is -0.133. The van der Waals surface area contributed by atoms with Crippen LogP contribution in [0.5, 0.6) is 0 Å². The Bertz CT molecular complexity index is 849. The number of carbonyl (C=O) groups is 1. The highest BCUT2D eigenvalue weighted by Gasteiger charge is 2.36. The zero-order valence-electron chi connectivity index (χ0n) is 15.1. The van der Waals surface area contributed by atoms with E-state index >= 15 is 0 Å². The minimum absolute atomic E-state index is 0.110. The molecule has 4 rings (SSSR count). The van der Waals surface area contributed by atoms with Crippen molar-refractivity contribution in [3.63, 3.8) is 0 Å². The summed E-state index contributed by atoms with van der Waals surface area (Å²) in [5, 5.41) is 0. The molecule has 1 fully saturated rings. The van der Waals surface area contributed by atoms with Gasteiger partial charge in [-0.05, 0) is 41.7 Å². The second-order valence-corrected chi connectivity index (χ2v) is 7.08. The number of hydrogen-bond donors (Lipinski definition) is 0. The zero-order valence-corrected chi connectivity index (χ0v) is 15.1. The van der Waals surface area contributed by atoms with Crippen LogP contribution >= 0.6 is 0 Å². The normalized spacial score (nSPS) is 13.6. The number of benzene rings is 3. The number of nitrogens with zero attached hydrogens (tertiary/aromatic N) is 1. The van der Waals surface area contributed by atoms with Crippen LogP contribution in [0.4, 0.5) is 4.39 Å². The highest BCUT2D eigenvalue weighted by molar-refractivity contribution is 5.87. The van der Waals surface area contributed by atoms with E-state index in [1.54, 1.807) is 12.1 Å². The van der Waals surface area contributed by atoms with Crippen LogP contribution in [0.3, 0.4) is 0 Å². The van der Waals surface area contributed by atoms with Gasteiger partial charge in [-0.3, -0.25) is 4.79 Å². The second-order valence-electron chi connectivity index (χ2n) is 7.08. The number of amides is 1. The Morgan fingerprint density at radius 2 is 1.37 bits per heavy atom. The van der Waals surface area contributed by atoms with Crippen LogP contribution in [0.1, 0.15) is 35.4 Å². The van der Waals surface area contributed by atoms with Crippen LogP contribution in [0.2, 0.25) is 0 Å². The van der Waals surface area contributed by atoms with Gasteiger partial charge < -0.3 is 4.90 Å². The molecule has 0 spiro atoms. The van der Waals surface area contributed by atoms with Crippen LogP contribution < -0.4 is 0 Å². The van der Waals surface area contributed by atoms with E-state index in [4.69, 9.17) is 0 Å². The summed E-state index contributed by atoms with van der Waals surface area (Å²) in [5.41, 5.74) is 2.95. The molecule has 0 aliphatic heterocycles.